The van der Waals surface area contributed by atoms with Crippen molar-refractivity contribution < 1.29 is 14.4 Å². The van der Waals surface area contributed by atoms with Crippen LogP contribution in [0.3, 0.4) is 0 Å². The zero-order valence-electron chi connectivity index (χ0n) is 16.3. The maximum absolute atomic E-state index is 13.1. The quantitative estimate of drug-likeness (QED) is 0.501. The summed E-state index contributed by atoms with van der Waals surface area (Å²) in [6.45, 7) is 6.45. The van der Waals surface area contributed by atoms with Crippen LogP contribution in [0.5, 0.6) is 0 Å². The highest BCUT2D eigenvalue weighted by Gasteiger charge is 2.39. The summed E-state index contributed by atoms with van der Waals surface area (Å²) in [6.07, 6.45) is 2.98. The van der Waals surface area contributed by atoms with Crippen LogP contribution in [-0.4, -0.2) is 48.3 Å². The van der Waals surface area contributed by atoms with Crippen molar-refractivity contribution in [1.82, 2.24) is 20.9 Å². The molecule has 150 valence electrons. The van der Waals surface area contributed by atoms with Gasteiger partial charge in [0, 0.05) is 31.6 Å². The number of carbonyl (C=O) groups is 3. The molecule has 0 radical (unpaired) electrons. The minimum absolute atomic E-state index is 0.103. The zero-order chi connectivity index (χ0) is 19.7. The van der Waals surface area contributed by atoms with Crippen LogP contribution in [0.4, 0.5) is 0 Å². The topological polar surface area (TPSA) is 90.5 Å². The third-order valence-corrected chi connectivity index (χ3v) is 6.32. The van der Waals surface area contributed by atoms with Crippen LogP contribution in [0.25, 0.3) is 0 Å². The van der Waals surface area contributed by atoms with E-state index in [9.17, 15) is 14.4 Å². The van der Waals surface area contributed by atoms with Crippen molar-refractivity contribution in [2.45, 2.75) is 51.7 Å². The highest BCUT2D eigenvalue weighted by atomic mass is 16.2. The second kappa shape index (κ2) is 7.64. The van der Waals surface area contributed by atoms with Gasteiger partial charge in [-0.2, -0.15) is 0 Å². The van der Waals surface area contributed by atoms with Crippen molar-refractivity contribution in [3.8, 4) is 0 Å². The van der Waals surface area contributed by atoms with E-state index in [0.717, 1.165) is 37.2 Å². The van der Waals surface area contributed by atoms with Gasteiger partial charge in [-0.05, 0) is 48.9 Å². The number of carbonyl (C=O) groups excluding carboxylic acids is 3. The van der Waals surface area contributed by atoms with Gasteiger partial charge in [0.05, 0.1) is 0 Å². The number of benzene rings is 1. The van der Waals surface area contributed by atoms with Crippen molar-refractivity contribution in [2.24, 2.45) is 5.41 Å². The number of rotatable bonds is 6. The molecular weight excluding hydrogens is 356 g/mol. The van der Waals surface area contributed by atoms with E-state index in [2.05, 4.69) is 22.9 Å². The SMILES string of the molecule is CC1(CCNCc2cccc3c2C(=O)N(C2CCC(=O)NC2=O)C3)CCNC1. The highest BCUT2D eigenvalue weighted by Crippen LogP contribution is 2.30. The summed E-state index contributed by atoms with van der Waals surface area (Å²) in [5, 5.41) is 9.26. The average molecular weight is 384 g/mol. The van der Waals surface area contributed by atoms with E-state index in [-0.39, 0.29) is 24.1 Å². The number of piperidine rings is 1. The molecule has 2 atom stereocenters. The molecule has 1 aromatic carbocycles. The Bertz CT molecular complexity index is 801. The Morgan fingerprint density at radius 2 is 2.14 bits per heavy atom. The lowest BCUT2D eigenvalue weighted by Gasteiger charge is -2.29. The minimum atomic E-state index is -0.562. The summed E-state index contributed by atoms with van der Waals surface area (Å²) in [4.78, 5) is 38.3. The summed E-state index contributed by atoms with van der Waals surface area (Å²) in [7, 11) is 0. The monoisotopic (exact) mass is 384 g/mol. The second-order valence-corrected chi connectivity index (χ2v) is 8.52. The van der Waals surface area contributed by atoms with E-state index < -0.39 is 6.04 Å². The molecule has 0 aliphatic carbocycles. The summed E-state index contributed by atoms with van der Waals surface area (Å²) in [5.74, 6) is -0.731. The molecule has 4 rings (SSSR count). The first-order chi connectivity index (χ1) is 13.5. The number of fused-ring (bicyclic) bond motifs is 1. The van der Waals surface area contributed by atoms with Crippen molar-refractivity contribution in [3.05, 3.63) is 34.9 Å². The van der Waals surface area contributed by atoms with Gasteiger partial charge in [-0.15, -0.1) is 0 Å². The lowest BCUT2D eigenvalue weighted by molar-refractivity contribution is -0.136. The number of hydrogen-bond acceptors (Lipinski definition) is 5. The molecule has 0 spiro atoms. The normalized spacial score (nSPS) is 27.2. The third-order valence-electron chi connectivity index (χ3n) is 6.32. The Kier molecular flexibility index (Phi) is 5.21. The first kappa shape index (κ1) is 19.1. The van der Waals surface area contributed by atoms with Gasteiger partial charge in [0.1, 0.15) is 6.04 Å². The smallest absolute Gasteiger partial charge is 0.255 e. The zero-order valence-corrected chi connectivity index (χ0v) is 16.3. The van der Waals surface area contributed by atoms with E-state index in [4.69, 9.17) is 0 Å². The van der Waals surface area contributed by atoms with Gasteiger partial charge < -0.3 is 15.5 Å². The standard InChI is InChI=1S/C21H28N4O3/c1-21(8-10-23-13-21)7-9-22-11-14-3-2-4-15-12-25(20(28)18(14)15)16-5-6-17(26)24-19(16)27/h2-4,16,22-23H,5-13H2,1H3,(H,24,26,27). The second-order valence-electron chi connectivity index (χ2n) is 8.52. The number of nitrogens with one attached hydrogen (secondary N) is 3. The Balaban J connectivity index is 1.40. The van der Waals surface area contributed by atoms with Crippen LogP contribution in [0, 0.1) is 5.41 Å². The fourth-order valence-electron chi connectivity index (χ4n) is 4.53. The van der Waals surface area contributed by atoms with Gasteiger partial charge in [0.25, 0.3) is 5.91 Å². The maximum Gasteiger partial charge on any atom is 0.255 e. The molecule has 28 heavy (non-hydrogen) atoms. The Morgan fingerprint density at radius 3 is 2.89 bits per heavy atom. The average Bonchev–Trinajstić information content (AvgIpc) is 3.24. The molecule has 3 heterocycles. The van der Waals surface area contributed by atoms with Crippen molar-refractivity contribution in [3.63, 3.8) is 0 Å². The molecule has 3 aliphatic rings. The molecule has 0 saturated carbocycles. The number of amides is 3. The first-order valence-corrected chi connectivity index (χ1v) is 10.1. The lowest BCUT2D eigenvalue weighted by Crippen LogP contribution is -2.52. The Hall–Kier alpha value is -2.25. The Labute approximate surface area is 165 Å². The minimum Gasteiger partial charge on any atom is -0.322 e. The van der Waals surface area contributed by atoms with Crippen LogP contribution in [-0.2, 0) is 22.7 Å². The predicted octanol–water partition coefficient (Wildman–Crippen LogP) is 0.927. The molecule has 0 bridgehead atoms. The molecule has 2 unspecified atom stereocenters. The number of nitrogens with zero attached hydrogens (tertiary/aromatic N) is 1. The van der Waals surface area contributed by atoms with Crippen molar-refractivity contribution in [2.75, 3.05) is 19.6 Å². The Morgan fingerprint density at radius 1 is 1.29 bits per heavy atom. The molecule has 0 aromatic heterocycles. The third kappa shape index (κ3) is 3.69. The highest BCUT2D eigenvalue weighted by molar-refractivity contribution is 6.05. The van der Waals surface area contributed by atoms with Gasteiger partial charge in [-0.1, -0.05) is 25.1 Å². The molecule has 2 fully saturated rings. The van der Waals surface area contributed by atoms with Crippen LogP contribution in [0.2, 0.25) is 0 Å². The van der Waals surface area contributed by atoms with Crippen LogP contribution < -0.4 is 16.0 Å². The van der Waals surface area contributed by atoms with E-state index in [1.54, 1.807) is 4.90 Å². The molecule has 2 saturated heterocycles. The molecule has 3 aliphatic heterocycles. The maximum atomic E-state index is 13.1. The van der Waals surface area contributed by atoms with E-state index in [0.29, 0.717) is 30.5 Å². The fourth-order valence-corrected chi connectivity index (χ4v) is 4.53. The first-order valence-electron chi connectivity index (χ1n) is 10.1. The van der Waals surface area contributed by atoms with Crippen LogP contribution in [0.1, 0.15) is 54.1 Å². The van der Waals surface area contributed by atoms with Crippen molar-refractivity contribution >= 4 is 17.7 Å². The number of hydrogen-bond donors (Lipinski definition) is 3. The summed E-state index contributed by atoms with van der Waals surface area (Å²) in [5.41, 5.74) is 3.01. The largest absolute Gasteiger partial charge is 0.322 e. The summed E-state index contributed by atoms with van der Waals surface area (Å²) in [6, 6.07) is 5.34. The van der Waals surface area contributed by atoms with Gasteiger partial charge in [-0.25, -0.2) is 0 Å². The molecular formula is C21H28N4O3. The molecule has 1 aromatic rings. The molecule has 7 heteroatoms. The predicted molar refractivity (Wildman–Crippen MR) is 104 cm³/mol. The summed E-state index contributed by atoms with van der Waals surface area (Å²) < 4.78 is 0. The summed E-state index contributed by atoms with van der Waals surface area (Å²) >= 11 is 0. The lowest BCUT2D eigenvalue weighted by atomic mass is 9.86. The van der Waals surface area contributed by atoms with Crippen LogP contribution >= 0.6 is 0 Å². The number of imide groups is 1. The van der Waals surface area contributed by atoms with E-state index in [1.165, 1.54) is 6.42 Å². The van der Waals surface area contributed by atoms with Crippen LogP contribution in [0.15, 0.2) is 18.2 Å². The van der Waals surface area contributed by atoms with Gasteiger partial charge >= 0.3 is 0 Å². The van der Waals surface area contributed by atoms with Gasteiger partial charge in [0.2, 0.25) is 11.8 Å². The van der Waals surface area contributed by atoms with E-state index in [1.807, 2.05) is 18.2 Å². The molecule has 7 nitrogen and oxygen atoms in total. The molecule has 3 amide bonds. The van der Waals surface area contributed by atoms with E-state index >= 15 is 0 Å². The fraction of sp³-hybridized carbons (Fsp3) is 0.571. The van der Waals surface area contributed by atoms with Crippen molar-refractivity contribution in [1.29, 1.82) is 0 Å². The van der Waals surface area contributed by atoms with Gasteiger partial charge in [0.15, 0.2) is 0 Å². The van der Waals surface area contributed by atoms with Gasteiger partial charge in [-0.3, -0.25) is 19.7 Å². The molecule has 3 N–H and O–H groups in total.